The van der Waals surface area contributed by atoms with Crippen molar-refractivity contribution >= 4 is 22.3 Å². The van der Waals surface area contributed by atoms with E-state index < -0.39 is 11.6 Å². The first kappa shape index (κ1) is 17.1. The van der Waals surface area contributed by atoms with Gasteiger partial charge in [0.2, 0.25) is 0 Å². The van der Waals surface area contributed by atoms with Gasteiger partial charge in [-0.05, 0) is 38.5 Å². The van der Waals surface area contributed by atoms with Crippen molar-refractivity contribution in [1.29, 1.82) is 0 Å². The molecule has 0 saturated heterocycles. The number of hydrogen-bond donors (Lipinski definition) is 1. The summed E-state index contributed by atoms with van der Waals surface area (Å²) in [7, 11) is 3.14. The van der Waals surface area contributed by atoms with Gasteiger partial charge in [0.1, 0.15) is 16.2 Å². The quantitative estimate of drug-likeness (QED) is 0.856. The van der Waals surface area contributed by atoms with Crippen molar-refractivity contribution < 1.29 is 19.0 Å². The number of methoxy groups -OCH3 is 2. The molecule has 0 aliphatic carbocycles. The van der Waals surface area contributed by atoms with Crippen LogP contribution in [0.2, 0.25) is 0 Å². The van der Waals surface area contributed by atoms with Gasteiger partial charge in [0.25, 0.3) is 0 Å². The predicted molar refractivity (Wildman–Crippen MR) is 92.4 cm³/mol. The summed E-state index contributed by atoms with van der Waals surface area (Å²) in [6.07, 6.45) is 0. The van der Waals surface area contributed by atoms with Crippen molar-refractivity contribution in [1.82, 2.24) is 0 Å². The molecule has 0 fully saturated rings. The maximum Gasteiger partial charge on any atom is 0.342 e. The van der Waals surface area contributed by atoms with Crippen molar-refractivity contribution in [3.63, 3.8) is 0 Å². The number of rotatable bonds is 4. The maximum absolute atomic E-state index is 12.5. The highest BCUT2D eigenvalue weighted by atomic mass is 32.1. The maximum atomic E-state index is 12.5. The minimum atomic E-state index is -0.583. The van der Waals surface area contributed by atoms with Gasteiger partial charge >= 0.3 is 5.97 Å². The Morgan fingerprint density at radius 3 is 2.35 bits per heavy atom. The number of benzene rings is 1. The minimum Gasteiger partial charge on any atom is -0.493 e. The lowest BCUT2D eigenvalue weighted by Gasteiger charge is -2.20. The number of carbonyl (C=O) groups is 1. The first-order chi connectivity index (χ1) is 10.8. The summed E-state index contributed by atoms with van der Waals surface area (Å²) in [6, 6.07) is 5.46. The number of anilines is 1. The topological polar surface area (TPSA) is 70.8 Å². The second kappa shape index (κ2) is 6.50. The molecule has 1 aromatic heterocycles. The van der Waals surface area contributed by atoms with Crippen molar-refractivity contribution in [2.75, 3.05) is 20.0 Å². The molecule has 5 nitrogen and oxygen atoms in total. The van der Waals surface area contributed by atoms with Gasteiger partial charge in [-0.25, -0.2) is 4.79 Å². The molecule has 0 aliphatic heterocycles. The van der Waals surface area contributed by atoms with Crippen LogP contribution in [-0.2, 0) is 4.74 Å². The van der Waals surface area contributed by atoms with Crippen LogP contribution in [0.3, 0.4) is 0 Å². The largest absolute Gasteiger partial charge is 0.493 e. The number of carbonyl (C=O) groups excluding carboxylic acids is 1. The SMILES string of the molecule is COc1ccc(-c2csc(N)c2C(=O)OC(C)(C)C)cc1OC. The monoisotopic (exact) mass is 335 g/mol. The lowest BCUT2D eigenvalue weighted by atomic mass is 10.0. The zero-order valence-corrected chi connectivity index (χ0v) is 14.7. The number of esters is 1. The molecule has 0 saturated carbocycles. The molecule has 0 unspecified atom stereocenters. The number of hydrogen-bond acceptors (Lipinski definition) is 6. The summed E-state index contributed by atoms with van der Waals surface area (Å²) >= 11 is 1.31. The van der Waals surface area contributed by atoms with Crippen LogP contribution in [-0.4, -0.2) is 25.8 Å². The Balaban J connectivity index is 2.48. The van der Waals surface area contributed by atoms with Crippen molar-refractivity contribution in [3.05, 3.63) is 29.1 Å². The highest BCUT2D eigenvalue weighted by molar-refractivity contribution is 7.14. The van der Waals surface area contributed by atoms with E-state index in [4.69, 9.17) is 19.9 Å². The first-order valence-electron chi connectivity index (χ1n) is 7.09. The number of thiophene rings is 1. The predicted octanol–water partition coefficient (Wildman–Crippen LogP) is 3.97. The molecule has 6 heteroatoms. The fourth-order valence-corrected chi connectivity index (χ4v) is 2.94. The molecule has 2 rings (SSSR count). The third-order valence-corrected chi connectivity index (χ3v) is 3.93. The van der Waals surface area contributed by atoms with Crippen LogP contribution in [0.5, 0.6) is 11.5 Å². The van der Waals surface area contributed by atoms with E-state index in [0.29, 0.717) is 22.1 Å². The van der Waals surface area contributed by atoms with Gasteiger partial charge in [0.05, 0.1) is 14.2 Å². The van der Waals surface area contributed by atoms with Gasteiger partial charge in [-0.1, -0.05) is 6.07 Å². The Bertz CT molecular complexity index is 716. The van der Waals surface area contributed by atoms with E-state index in [1.165, 1.54) is 11.3 Å². The molecule has 23 heavy (non-hydrogen) atoms. The van der Waals surface area contributed by atoms with Gasteiger partial charge in [0, 0.05) is 10.9 Å². The summed E-state index contributed by atoms with van der Waals surface area (Å²) in [6.45, 7) is 5.47. The van der Waals surface area contributed by atoms with Crippen LogP contribution in [0, 0.1) is 0 Å². The summed E-state index contributed by atoms with van der Waals surface area (Å²) in [5.74, 6) is 0.782. The molecule has 0 radical (unpaired) electrons. The Morgan fingerprint density at radius 2 is 1.78 bits per heavy atom. The normalized spacial score (nSPS) is 11.2. The van der Waals surface area contributed by atoms with Crippen molar-refractivity contribution in [3.8, 4) is 22.6 Å². The molecule has 0 amide bonds. The van der Waals surface area contributed by atoms with E-state index in [-0.39, 0.29) is 0 Å². The summed E-state index contributed by atoms with van der Waals surface area (Å²) in [5, 5.41) is 2.28. The standard InChI is InChI=1S/C17H21NO4S/c1-17(2,3)22-16(19)14-11(9-23-15(14)18)10-6-7-12(20-4)13(8-10)21-5/h6-9H,18H2,1-5H3. The van der Waals surface area contributed by atoms with Gasteiger partial charge in [0.15, 0.2) is 11.5 Å². The molecule has 2 aromatic rings. The Hall–Kier alpha value is -2.21. The van der Waals surface area contributed by atoms with E-state index in [9.17, 15) is 4.79 Å². The Labute approximate surface area is 140 Å². The smallest absolute Gasteiger partial charge is 0.342 e. The zero-order chi connectivity index (χ0) is 17.2. The molecule has 1 aromatic carbocycles. The Kier molecular flexibility index (Phi) is 4.85. The molecule has 0 spiro atoms. The third-order valence-electron chi connectivity index (χ3n) is 3.12. The number of nitrogens with two attached hydrogens (primary N) is 1. The van der Waals surface area contributed by atoms with E-state index in [1.54, 1.807) is 20.3 Å². The lowest BCUT2D eigenvalue weighted by Crippen LogP contribution is -2.24. The van der Waals surface area contributed by atoms with E-state index in [1.807, 2.05) is 38.3 Å². The van der Waals surface area contributed by atoms with Crippen LogP contribution in [0.4, 0.5) is 5.00 Å². The molecule has 1 heterocycles. The number of nitrogen functional groups attached to an aromatic ring is 1. The zero-order valence-electron chi connectivity index (χ0n) is 13.9. The second-order valence-electron chi connectivity index (χ2n) is 5.96. The molecule has 0 aliphatic rings. The summed E-state index contributed by atoms with van der Waals surface area (Å²) in [5.41, 5.74) is 7.33. The Morgan fingerprint density at radius 1 is 1.13 bits per heavy atom. The minimum absolute atomic E-state index is 0.386. The second-order valence-corrected chi connectivity index (χ2v) is 6.87. The molecule has 0 bridgehead atoms. The highest BCUT2D eigenvalue weighted by Gasteiger charge is 2.25. The van der Waals surface area contributed by atoms with Crippen LogP contribution < -0.4 is 15.2 Å². The van der Waals surface area contributed by atoms with Crippen LogP contribution in [0.1, 0.15) is 31.1 Å². The third kappa shape index (κ3) is 3.76. The summed E-state index contributed by atoms with van der Waals surface area (Å²) < 4.78 is 16.0. The van der Waals surface area contributed by atoms with Crippen molar-refractivity contribution in [2.45, 2.75) is 26.4 Å². The van der Waals surface area contributed by atoms with Gasteiger partial charge in [-0.15, -0.1) is 11.3 Å². The average molecular weight is 335 g/mol. The van der Waals surface area contributed by atoms with E-state index >= 15 is 0 Å². The molecule has 0 atom stereocenters. The van der Waals surface area contributed by atoms with Crippen LogP contribution in [0.15, 0.2) is 23.6 Å². The molecular formula is C17H21NO4S. The lowest BCUT2D eigenvalue weighted by molar-refractivity contribution is 0.00722. The molecule has 124 valence electrons. The van der Waals surface area contributed by atoms with Crippen LogP contribution in [0.25, 0.3) is 11.1 Å². The van der Waals surface area contributed by atoms with Gasteiger partial charge < -0.3 is 19.9 Å². The molecule has 2 N–H and O–H groups in total. The van der Waals surface area contributed by atoms with Gasteiger partial charge in [-0.2, -0.15) is 0 Å². The first-order valence-corrected chi connectivity index (χ1v) is 7.97. The number of ether oxygens (including phenoxy) is 3. The fraction of sp³-hybridized carbons (Fsp3) is 0.353. The van der Waals surface area contributed by atoms with Crippen molar-refractivity contribution in [2.24, 2.45) is 0 Å². The highest BCUT2D eigenvalue weighted by Crippen LogP contribution is 2.38. The molecular weight excluding hydrogens is 314 g/mol. The fourth-order valence-electron chi connectivity index (χ4n) is 2.13. The van der Waals surface area contributed by atoms with Gasteiger partial charge in [-0.3, -0.25) is 0 Å². The van der Waals surface area contributed by atoms with Crippen LogP contribution >= 0.6 is 11.3 Å². The van der Waals surface area contributed by atoms with E-state index in [0.717, 1.165) is 11.1 Å². The van der Waals surface area contributed by atoms with E-state index in [2.05, 4.69) is 0 Å². The average Bonchev–Trinajstić information content (AvgIpc) is 2.86. The summed E-state index contributed by atoms with van der Waals surface area (Å²) in [4.78, 5) is 12.5.